The highest BCUT2D eigenvalue weighted by Gasteiger charge is 2.28. The molecule has 1 saturated heterocycles. The number of allylic oxidation sites excluding steroid dienone is 1. The zero-order valence-electron chi connectivity index (χ0n) is 13.6. The van der Waals surface area contributed by atoms with Crippen LogP contribution in [0.2, 0.25) is 0 Å². The van der Waals surface area contributed by atoms with Crippen LogP contribution in [-0.2, 0) is 19.1 Å². The van der Waals surface area contributed by atoms with E-state index in [4.69, 9.17) is 0 Å². The third kappa shape index (κ3) is 4.88. The Kier molecular flexibility index (Phi) is 5.48. The van der Waals surface area contributed by atoms with Gasteiger partial charge in [-0.2, -0.15) is 0 Å². The number of esters is 2. The second-order valence-corrected chi connectivity index (χ2v) is 6.38. The van der Waals surface area contributed by atoms with E-state index in [0.29, 0.717) is 6.42 Å². The molecular formula is C19H22O4. The Labute approximate surface area is 136 Å². The van der Waals surface area contributed by atoms with E-state index < -0.39 is 11.9 Å². The van der Waals surface area contributed by atoms with Gasteiger partial charge in [0.2, 0.25) is 0 Å². The molecule has 0 N–H and O–H groups in total. The number of hydrogen-bond acceptors (Lipinski definition) is 4. The van der Waals surface area contributed by atoms with Crippen LogP contribution in [0.1, 0.15) is 62.5 Å². The van der Waals surface area contributed by atoms with Gasteiger partial charge >= 0.3 is 11.9 Å². The summed E-state index contributed by atoms with van der Waals surface area (Å²) in [6.45, 7) is 7.49. The smallest absolute Gasteiger partial charge is 0.314 e. The summed E-state index contributed by atoms with van der Waals surface area (Å²) in [5.41, 5.74) is 3.08. The topological polar surface area (TPSA) is 60.4 Å². The van der Waals surface area contributed by atoms with E-state index in [0.717, 1.165) is 23.1 Å². The van der Waals surface area contributed by atoms with Crippen LogP contribution in [0.25, 0.3) is 0 Å². The first-order valence-electron chi connectivity index (χ1n) is 7.82. The van der Waals surface area contributed by atoms with Gasteiger partial charge in [-0.3, -0.25) is 9.59 Å². The van der Waals surface area contributed by atoms with E-state index in [-0.39, 0.29) is 30.5 Å². The van der Waals surface area contributed by atoms with Gasteiger partial charge in [0.15, 0.2) is 0 Å². The Morgan fingerprint density at radius 2 is 1.70 bits per heavy atom. The fourth-order valence-corrected chi connectivity index (χ4v) is 3.04. The van der Waals surface area contributed by atoms with Crippen LogP contribution < -0.4 is 0 Å². The van der Waals surface area contributed by atoms with Gasteiger partial charge in [0.1, 0.15) is 5.78 Å². The molecule has 1 aromatic rings. The fourth-order valence-electron chi connectivity index (χ4n) is 3.04. The summed E-state index contributed by atoms with van der Waals surface area (Å²) in [5, 5.41) is 0. The molecule has 0 radical (unpaired) electrons. The van der Waals surface area contributed by atoms with E-state index in [1.807, 2.05) is 31.2 Å². The molecule has 1 atom stereocenters. The Hall–Kier alpha value is -2.23. The van der Waals surface area contributed by atoms with E-state index in [1.54, 1.807) is 6.92 Å². The van der Waals surface area contributed by atoms with Crippen LogP contribution in [-0.4, -0.2) is 17.7 Å². The van der Waals surface area contributed by atoms with Crippen molar-refractivity contribution >= 4 is 17.7 Å². The Bertz CT molecular complexity index is 595. The molecular weight excluding hydrogens is 292 g/mol. The highest BCUT2D eigenvalue weighted by Crippen LogP contribution is 2.31. The van der Waals surface area contributed by atoms with Gasteiger partial charge < -0.3 is 9.53 Å². The second kappa shape index (κ2) is 7.36. The fraction of sp³-hybridized carbons (Fsp3) is 0.421. The van der Waals surface area contributed by atoms with Gasteiger partial charge in [-0.15, -0.1) is 6.58 Å². The molecule has 122 valence electrons. The lowest BCUT2D eigenvalue weighted by Crippen LogP contribution is -2.24. The van der Waals surface area contributed by atoms with Crippen LogP contribution in [0.4, 0.5) is 0 Å². The summed E-state index contributed by atoms with van der Waals surface area (Å²) in [6, 6.07) is 7.85. The van der Waals surface area contributed by atoms with Gasteiger partial charge in [-0.05, 0) is 37.3 Å². The van der Waals surface area contributed by atoms with Crippen molar-refractivity contribution in [2.45, 2.75) is 51.4 Å². The summed E-state index contributed by atoms with van der Waals surface area (Å²) in [4.78, 5) is 34.2. The van der Waals surface area contributed by atoms with Crippen LogP contribution in [0, 0.1) is 0 Å². The number of cyclic esters (lactones) is 2. The first-order valence-corrected chi connectivity index (χ1v) is 7.82. The van der Waals surface area contributed by atoms with Crippen LogP contribution in [0.15, 0.2) is 36.4 Å². The Morgan fingerprint density at radius 1 is 1.13 bits per heavy atom. The number of carbonyl (C=O) groups is 3. The molecule has 23 heavy (non-hydrogen) atoms. The second-order valence-electron chi connectivity index (χ2n) is 6.38. The predicted molar refractivity (Wildman–Crippen MR) is 87.0 cm³/mol. The average Bonchev–Trinajstić information content (AvgIpc) is 2.45. The van der Waals surface area contributed by atoms with Gasteiger partial charge in [0.25, 0.3) is 0 Å². The molecule has 0 aromatic heterocycles. The number of hydrogen-bond donors (Lipinski definition) is 0. The van der Waals surface area contributed by atoms with Gasteiger partial charge in [-0.25, -0.2) is 0 Å². The molecule has 0 bridgehead atoms. The molecule has 2 rings (SSSR count). The zero-order valence-corrected chi connectivity index (χ0v) is 13.6. The summed E-state index contributed by atoms with van der Waals surface area (Å²) in [5.74, 6) is -0.776. The van der Waals surface area contributed by atoms with Gasteiger partial charge in [0, 0.05) is 12.3 Å². The number of ketones is 1. The van der Waals surface area contributed by atoms with Gasteiger partial charge in [0.05, 0.1) is 12.8 Å². The highest BCUT2D eigenvalue weighted by atomic mass is 16.6. The van der Waals surface area contributed by atoms with E-state index in [2.05, 4.69) is 11.3 Å². The van der Waals surface area contributed by atoms with Crippen molar-refractivity contribution in [1.82, 2.24) is 0 Å². The molecule has 1 aliphatic heterocycles. The minimum absolute atomic E-state index is 0.120. The largest absolute Gasteiger partial charge is 0.393 e. The maximum Gasteiger partial charge on any atom is 0.314 e. The Balaban J connectivity index is 2.16. The standard InChI is InChI=1S/C19H22O4/c1-12(2)8-16(9-13(3)20)14-4-6-15(7-5-14)17-10-18(21)23-19(22)11-17/h4-7,16-17H,1,8-11H2,2-3H3. The number of Topliss-reactive ketones (excluding diaryl/α,β-unsaturated/α-hetero) is 1. The van der Waals surface area contributed by atoms with E-state index in [1.165, 1.54) is 0 Å². The maximum atomic E-state index is 11.5. The minimum Gasteiger partial charge on any atom is -0.393 e. The zero-order chi connectivity index (χ0) is 17.0. The van der Waals surface area contributed by atoms with Crippen LogP contribution in [0.3, 0.4) is 0 Å². The molecule has 0 amide bonds. The highest BCUT2D eigenvalue weighted by molar-refractivity contribution is 5.89. The van der Waals surface area contributed by atoms with E-state index >= 15 is 0 Å². The first kappa shape index (κ1) is 17.1. The van der Waals surface area contributed by atoms with Crippen molar-refractivity contribution in [3.05, 3.63) is 47.5 Å². The van der Waals surface area contributed by atoms with Gasteiger partial charge in [-0.1, -0.05) is 29.8 Å². The molecule has 4 heteroatoms. The molecule has 1 heterocycles. The average molecular weight is 314 g/mol. The molecule has 1 fully saturated rings. The third-order valence-corrected chi connectivity index (χ3v) is 4.06. The van der Waals surface area contributed by atoms with Crippen molar-refractivity contribution in [2.24, 2.45) is 0 Å². The summed E-state index contributed by atoms with van der Waals surface area (Å²) < 4.78 is 4.56. The van der Waals surface area contributed by atoms with Crippen molar-refractivity contribution in [3.63, 3.8) is 0 Å². The molecule has 4 nitrogen and oxygen atoms in total. The van der Waals surface area contributed by atoms with Crippen molar-refractivity contribution in [3.8, 4) is 0 Å². The van der Waals surface area contributed by atoms with Crippen LogP contribution >= 0.6 is 0 Å². The van der Waals surface area contributed by atoms with Crippen molar-refractivity contribution in [2.75, 3.05) is 0 Å². The summed E-state index contributed by atoms with van der Waals surface area (Å²) in [6.07, 6.45) is 1.72. The molecule has 0 aliphatic carbocycles. The number of benzene rings is 1. The summed E-state index contributed by atoms with van der Waals surface area (Å²) in [7, 11) is 0. The molecule has 0 spiro atoms. The predicted octanol–water partition coefficient (Wildman–Crippen LogP) is 3.66. The quantitative estimate of drug-likeness (QED) is 0.457. The first-order chi connectivity index (χ1) is 10.8. The lowest BCUT2D eigenvalue weighted by atomic mass is 9.85. The van der Waals surface area contributed by atoms with Crippen LogP contribution in [0.5, 0.6) is 0 Å². The number of ether oxygens (including phenoxy) is 1. The normalized spacial score (nSPS) is 16.8. The monoisotopic (exact) mass is 314 g/mol. The van der Waals surface area contributed by atoms with Crippen molar-refractivity contribution < 1.29 is 19.1 Å². The number of rotatable bonds is 6. The Morgan fingerprint density at radius 3 is 2.17 bits per heavy atom. The molecule has 1 unspecified atom stereocenters. The molecule has 1 aliphatic rings. The maximum absolute atomic E-state index is 11.5. The number of carbonyl (C=O) groups excluding carboxylic acids is 3. The SMILES string of the molecule is C=C(C)CC(CC(C)=O)c1ccc(C2CC(=O)OC(=O)C2)cc1. The van der Waals surface area contributed by atoms with Crippen molar-refractivity contribution in [1.29, 1.82) is 0 Å². The lowest BCUT2D eigenvalue weighted by molar-refractivity contribution is -0.163. The lowest BCUT2D eigenvalue weighted by Gasteiger charge is -2.21. The molecule has 0 saturated carbocycles. The minimum atomic E-state index is -0.466. The third-order valence-electron chi connectivity index (χ3n) is 4.06. The molecule has 1 aromatic carbocycles. The van der Waals surface area contributed by atoms with E-state index in [9.17, 15) is 14.4 Å². The summed E-state index contributed by atoms with van der Waals surface area (Å²) >= 11 is 0.